The highest BCUT2D eigenvalue weighted by Gasteiger charge is 2.17. The molecule has 0 bridgehead atoms. The monoisotopic (exact) mass is 260 g/mol. The standard InChI is InChI=1S/C14H20N4O/c1-11(2)18-9-5-13(6-10-18)16-17-14(19)12-3-7-15-8-4-12/h3-4,7-8,11H,5-6,9-10H2,1-2H3,(H,17,19). The van der Waals surface area contributed by atoms with Crippen LogP contribution in [0.15, 0.2) is 29.6 Å². The summed E-state index contributed by atoms with van der Waals surface area (Å²) >= 11 is 0. The molecule has 5 nitrogen and oxygen atoms in total. The molecular weight excluding hydrogens is 240 g/mol. The minimum Gasteiger partial charge on any atom is -0.300 e. The van der Waals surface area contributed by atoms with Gasteiger partial charge in [-0.3, -0.25) is 9.78 Å². The van der Waals surface area contributed by atoms with Crippen LogP contribution < -0.4 is 5.43 Å². The zero-order chi connectivity index (χ0) is 13.7. The minimum atomic E-state index is -0.179. The van der Waals surface area contributed by atoms with Crippen molar-refractivity contribution >= 4 is 11.6 Å². The van der Waals surface area contributed by atoms with Gasteiger partial charge in [0.1, 0.15) is 0 Å². The number of hydrogen-bond acceptors (Lipinski definition) is 4. The first-order chi connectivity index (χ1) is 9.16. The molecule has 2 rings (SSSR count). The molecule has 5 heteroatoms. The predicted octanol–water partition coefficient (Wildman–Crippen LogP) is 1.67. The van der Waals surface area contributed by atoms with Gasteiger partial charge in [-0.25, -0.2) is 5.43 Å². The summed E-state index contributed by atoms with van der Waals surface area (Å²) in [6.45, 7) is 6.43. The molecule has 0 saturated carbocycles. The highest BCUT2D eigenvalue weighted by Crippen LogP contribution is 2.10. The van der Waals surface area contributed by atoms with Crippen molar-refractivity contribution in [1.82, 2.24) is 15.3 Å². The molecule has 1 fully saturated rings. The van der Waals surface area contributed by atoms with Gasteiger partial charge in [0.15, 0.2) is 0 Å². The van der Waals surface area contributed by atoms with Crippen molar-refractivity contribution in [2.75, 3.05) is 13.1 Å². The maximum absolute atomic E-state index is 11.8. The maximum atomic E-state index is 11.8. The van der Waals surface area contributed by atoms with Gasteiger partial charge in [-0.2, -0.15) is 5.10 Å². The van der Waals surface area contributed by atoms with E-state index in [-0.39, 0.29) is 5.91 Å². The first kappa shape index (κ1) is 13.7. The maximum Gasteiger partial charge on any atom is 0.271 e. The summed E-state index contributed by atoms with van der Waals surface area (Å²) in [5, 5.41) is 4.22. The molecule has 0 radical (unpaired) electrons. The zero-order valence-corrected chi connectivity index (χ0v) is 11.5. The molecule has 1 aromatic rings. The average molecular weight is 260 g/mol. The van der Waals surface area contributed by atoms with Gasteiger partial charge in [-0.15, -0.1) is 0 Å². The van der Waals surface area contributed by atoms with E-state index in [9.17, 15) is 4.79 Å². The number of nitrogens with one attached hydrogen (secondary N) is 1. The van der Waals surface area contributed by atoms with Crippen LogP contribution in [0.2, 0.25) is 0 Å². The lowest BCUT2D eigenvalue weighted by Gasteiger charge is -2.30. The highest BCUT2D eigenvalue weighted by molar-refractivity contribution is 5.95. The molecule has 1 aromatic heterocycles. The van der Waals surface area contributed by atoms with E-state index in [4.69, 9.17) is 0 Å². The smallest absolute Gasteiger partial charge is 0.271 e. The van der Waals surface area contributed by atoms with Crippen LogP contribution in [0.3, 0.4) is 0 Å². The lowest BCUT2D eigenvalue weighted by molar-refractivity contribution is 0.0954. The van der Waals surface area contributed by atoms with Crippen molar-refractivity contribution in [2.45, 2.75) is 32.7 Å². The number of pyridine rings is 1. The Balaban J connectivity index is 1.85. The van der Waals surface area contributed by atoms with Gasteiger partial charge in [0.25, 0.3) is 5.91 Å². The molecule has 1 saturated heterocycles. The number of piperidine rings is 1. The van der Waals surface area contributed by atoms with E-state index < -0.39 is 0 Å². The third-order valence-corrected chi connectivity index (χ3v) is 3.36. The molecule has 0 aliphatic carbocycles. The van der Waals surface area contributed by atoms with Gasteiger partial charge in [0.05, 0.1) is 0 Å². The fourth-order valence-electron chi connectivity index (χ4n) is 2.11. The van der Waals surface area contributed by atoms with Gasteiger partial charge in [-0.1, -0.05) is 0 Å². The van der Waals surface area contributed by atoms with Crippen LogP contribution in [0, 0.1) is 0 Å². The van der Waals surface area contributed by atoms with Crippen molar-refractivity contribution in [3.05, 3.63) is 30.1 Å². The molecule has 1 amide bonds. The second-order valence-corrected chi connectivity index (χ2v) is 4.98. The molecule has 102 valence electrons. The summed E-state index contributed by atoms with van der Waals surface area (Å²) in [5.74, 6) is -0.179. The third-order valence-electron chi connectivity index (χ3n) is 3.36. The van der Waals surface area contributed by atoms with Crippen molar-refractivity contribution < 1.29 is 4.79 Å². The Morgan fingerprint density at radius 3 is 2.53 bits per heavy atom. The Kier molecular flexibility index (Phi) is 4.63. The number of carbonyl (C=O) groups excluding carboxylic acids is 1. The van der Waals surface area contributed by atoms with E-state index in [0.29, 0.717) is 11.6 Å². The molecule has 0 aromatic carbocycles. The Bertz CT molecular complexity index is 446. The number of carbonyl (C=O) groups is 1. The molecule has 1 aliphatic heterocycles. The second-order valence-electron chi connectivity index (χ2n) is 4.98. The van der Waals surface area contributed by atoms with Crippen LogP contribution in [0.4, 0.5) is 0 Å². The highest BCUT2D eigenvalue weighted by atomic mass is 16.2. The van der Waals surface area contributed by atoms with Crippen LogP contribution in [-0.2, 0) is 0 Å². The lowest BCUT2D eigenvalue weighted by atomic mass is 10.1. The van der Waals surface area contributed by atoms with Gasteiger partial charge in [0, 0.05) is 55.6 Å². The van der Waals surface area contributed by atoms with E-state index >= 15 is 0 Å². The van der Waals surface area contributed by atoms with Crippen LogP contribution in [-0.4, -0.2) is 40.6 Å². The number of nitrogens with zero attached hydrogens (tertiary/aromatic N) is 3. The topological polar surface area (TPSA) is 57.6 Å². The molecule has 2 heterocycles. The summed E-state index contributed by atoms with van der Waals surface area (Å²) in [5.41, 5.74) is 4.27. The van der Waals surface area contributed by atoms with Crippen LogP contribution in [0.1, 0.15) is 37.0 Å². The van der Waals surface area contributed by atoms with E-state index in [2.05, 4.69) is 34.3 Å². The number of hydrazone groups is 1. The fraction of sp³-hybridized carbons (Fsp3) is 0.500. The van der Waals surface area contributed by atoms with Crippen LogP contribution in [0.25, 0.3) is 0 Å². The molecule has 0 spiro atoms. The Labute approximate surface area is 113 Å². The summed E-state index contributed by atoms with van der Waals surface area (Å²) in [4.78, 5) is 18.1. The number of aromatic nitrogens is 1. The first-order valence-corrected chi connectivity index (χ1v) is 6.66. The SMILES string of the molecule is CC(C)N1CCC(=NNC(=O)c2ccncc2)CC1. The Morgan fingerprint density at radius 2 is 1.95 bits per heavy atom. The number of amides is 1. The average Bonchev–Trinajstić information content (AvgIpc) is 2.46. The van der Waals surface area contributed by atoms with Crippen LogP contribution in [0.5, 0.6) is 0 Å². The van der Waals surface area contributed by atoms with Crippen molar-refractivity contribution in [1.29, 1.82) is 0 Å². The minimum absolute atomic E-state index is 0.179. The largest absolute Gasteiger partial charge is 0.300 e. The summed E-state index contributed by atoms with van der Waals surface area (Å²) in [6.07, 6.45) is 5.05. The Morgan fingerprint density at radius 1 is 1.32 bits per heavy atom. The lowest BCUT2D eigenvalue weighted by Crippen LogP contribution is -2.39. The normalized spacial score (nSPS) is 16.5. The molecule has 1 aliphatic rings. The van der Waals surface area contributed by atoms with E-state index in [1.807, 2.05) is 0 Å². The van der Waals surface area contributed by atoms with Crippen molar-refractivity contribution in [3.8, 4) is 0 Å². The first-order valence-electron chi connectivity index (χ1n) is 6.66. The van der Waals surface area contributed by atoms with E-state index in [1.54, 1.807) is 24.5 Å². The van der Waals surface area contributed by atoms with Crippen molar-refractivity contribution in [3.63, 3.8) is 0 Å². The van der Waals surface area contributed by atoms with Gasteiger partial charge >= 0.3 is 0 Å². The molecule has 0 unspecified atom stereocenters. The van der Waals surface area contributed by atoms with Crippen molar-refractivity contribution in [2.24, 2.45) is 5.10 Å². The van der Waals surface area contributed by atoms with Gasteiger partial charge < -0.3 is 4.90 Å². The van der Waals surface area contributed by atoms with Gasteiger partial charge in [0.2, 0.25) is 0 Å². The summed E-state index contributed by atoms with van der Waals surface area (Å²) < 4.78 is 0. The Hall–Kier alpha value is -1.75. The zero-order valence-electron chi connectivity index (χ0n) is 11.5. The number of rotatable bonds is 3. The second kappa shape index (κ2) is 6.43. The third kappa shape index (κ3) is 3.86. The van der Waals surface area contributed by atoms with Crippen LogP contribution >= 0.6 is 0 Å². The van der Waals surface area contributed by atoms with E-state index in [0.717, 1.165) is 31.6 Å². The summed E-state index contributed by atoms with van der Waals surface area (Å²) in [7, 11) is 0. The predicted molar refractivity (Wildman–Crippen MR) is 75.1 cm³/mol. The summed E-state index contributed by atoms with van der Waals surface area (Å²) in [6, 6.07) is 3.93. The number of likely N-dealkylation sites (tertiary alicyclic amines) is 1. The fourth-order valence-corrected chi connectivity index (χ4v) is 2.11. The number of hydrogen-bond donors (Lipinski definition) is 1. The van der Waals surface area contributed by atoms with E-state index in [1.165, 1.54) is 0 Å². The molecular formula is C14H20N4O. The molecule has 0 atom stereocenters. The molecule has 1 N–H and O–H groups in total. The quantitative estimate of drug-likeness (QED) is 0.841. The molecule has 19 heavy (non-hydrogen) atoms. The van der Waals surface area contributed by atoms with Gasteiger partial charge in [-0.05, 0) is 26.0 Å².